The van der Waals surface area contributed by atoms with Crippen LogP contribution >= 0.6 is 0 Å². The highest BCUT2D eigenvalue weighted by Crippen LogP contribution is 2.59. The lowest BCUT2D eigenvalue weighted by Gasteiger charge is -2.57. The van der Waals surface area contributed by atoms with E-state index in [1.54, 1.807) is 19.9 Å². The molecule has 42 heavy (non-hydrogen) atoms. The zero-order chi connectivity index (χ0) is 30.5. The fraction of sp³-hybridized carbons (Fsp3) is 0.353. The first-order valence-electron chi connectivity index (χ1n) is 14.1. The fourth-order valence-electron chi connectivity index (χ4n) is 7.17. The third-order valence-corrected chi connectivity index (χ3v) is 9.24. The van der Waals surface area contributed by atoms with Gasteiger partial charge in [0.2, 0.25) is 0 Å². The fourth-order valence-corrected chi connectivity index (χ4v) is 7.17. The zero-order valence-corrected chi connectivity index (χ0v) is 23.7. The number of aliphatic carboxylic acids is 2. The van der Waals surface area contributed by atoms with Gasteiger partial charge in [-0.05, 0) is 61.9 Å². The second-order valence-corrected chi connectivity index (χ2v) is 11.2. The number of hydrogen-bond donors (Lipinski definition) is 4. The first-order chi connectivity index (χ1) is 20.1. The number of carboxylic acids is 3. The minimum Gasteiger partial charge on any atom is -0.481 e. The summed E-state index contributed by atoms with van der Waals surface area (Å²) in [5.41, 5.74) is -1.07. The third kappa shape index (κ3) is 5.40. The molecule has 1 heterocycles. The number of carbonyl (C=O) groups is 3. The molecule has 5 unspecified atom stereocenters. The van der Waals surface area contributed by atoms with Crippen LogP contribution < -0.4 is 5.32 Å². The predicted octanol–water partition coefficient (Wildman–Crippen LogP) is 5.91. The highest BCUT2D eigenvalue weighted by Gasteiger charge is 2.66. The number of nitrogens with zero attached hydrogens (tertiary/aromatic N) is 1. The largest absolute Gasteiger partial charge is 0.481 e. The lowest BCUT2D eigenvalue weighted by Crippen LogP contribution is -2.69. The van der Waals surface area contributed by atoms with Crippen molar-refractivity contribution in [3.8, 4) is 6.07 Å². The summed E-state index contributed by atoms with van der Waals surface area (Å²) in [5, 5.41) is 44.6. The number of rotatable bonds is 11. The van der Waals surface area contributed by atoms with E-state index in [-0.39, 0.29) is 30.7 Å². The number of nitriles is 1. The van der Waals surface area contributed by atoms with Gasteiger partial charge in [0.05, 0.1) is 22.5 Å². The Labute approximate surface area is 245 Å². The van der Waals surface area contributed by atoms with Crippen molar-refractivity contribution >= 4 is 17.9 Å². The number of carboxylic acid groups (broad SMARTS) is 3. The van der Waals surface area contributed by atoms with Crippen molar-refractivity contribution in [1.82, 2.24) is 5.32 Å². The monoisotopic (exact) mass is 568 g/mol. The second-order valence-electron chi connectivity index (χ2n) is 11.2. The molecule has 1 fully saturated rings. The van der Waals surface area contributed by atoms with Crippen LogP contribution in [0.2, 0.25) is 0 Å². The normalized spacial score (nSPS) is 25.4. The Bertz CT molecular complexity index is 1430. The van der Waals surface area contributed by atoms with Gasteiger partial charge in [0, 0.05) is 30.3 Å². The van der Waals surface area contributed by atoms with Gasteiger partial charge >= 0.3 is 17.9 Å². The summed E-state index contributed by atoms with van der Waals surface area (Å²) in [6.07, 6.45) is 0.288. The number of hydrogen-bond acceptors (Lipinski definition) is 5. The molecule has 5 atom stereocenters. The van der Waals surface area contributed by atoms with Crippen LogP contribution in [0.5, 0.6) is 0 Å². The third-order valence-electron chi connectivity index (χ3n) is 9.24. The van der Waals surface area contributed by atoms with Crippen LogP contribution in [0, 0.1) is 22.2 Å². The van der Waals surface area contributed by atoms with Crippen LogP contribution in [-0.2, 0) is 9.59 Å². The Hall–Kier alpha value is -4.48. The lowest BCUT2D eigenvalue weighted by atomic mass is 9.49. The molecule has 3 aromatic rings. The predicted molar refractivity (Wildman–Crippen MR) is 157 cm³/mol. The Morgan fingerprint density at radius 1 is 0.810 bits per heavy atom. The van der Waals surface area contributed by atoms with Crippen molar-refractivity contribution in [2.45, 2.75) is 63.5 Å². The van der Waals surface area contributed by atoms with Gasteiger partial charge in [-0.2, -0.15) is 5.26 Å². The van der Waals surface area contributed by atoms with Gasteiger partial charge in [0.25, 0.3) is 0 Å². The molecule has 0 saturated carbocycles. The highest BCUT2D eigenvalue weighted by molar-refractivity contribution is 5.88. The standard InChI is InChI=1S/C34H36N2O6/c1-22-33(31(39)40,18-10-20-35)29(26-15-9-16-27(21-26)30(37)38)34(32(41)42,23(2)36-22)19-17-28(24-11-5-3-6-12-24)25-13-7-4-8-14-25/h3-9,11-16,21-23,28-29,36H,10,17-19H2,1-2H3,(H,37,38)(H,39,40)(H,41,42). The molecule has 1 saturated heterocycles. The molecule has 0 bridgehead atoms. The quantitative estimate of drug-likeness (QED) is 0.223. The molecule has 1 aliphatic heterocycles. The smallest absolute Gasteiger partial charge is 0.335 e. The minimum absolute atomic E-state index is 0.0587. The average molecular weight is 569 g/mol. The van der Waals surface area contributed by atoms with Crippen LogP contribution in [0.3, 0.4) is 0 Å². The maximum absolute atomic E-state index is 13.7. The number of aromatic carboxylic acids is 1. The Balaban J connectivity index is 1.95. The Kier molecular flexibility index (Phi) is 9.13. The van der Waals surface area contributed by atoms with Crippen LogP contribution in [0.1, 0.15) is 78.4 Å². The van der Waals surface area contributed by atoms with E-state index < -0.39 is 46.7 Å². The maximum atomic E-state index is 13.7. The molecular formula is C34H36N2O6. The Morgan fingerprint density at radius 3 is 1.81 bits per heavy atom. The van der Waals surface area contributed by atoms with Crippen molar-refractivity contribution in [2.75, 3.05) is 0 Å². The van der Waals surface area contributed by atoms with E-state index in [0.29, 0.717) is 12.0 Å². The maximum Gasteiger partial charge on any atom is 0.335 e. The molecule has 4 rings (SSSR count). The first kappa shape index (κ1) is 30.5. The van der Waals surface area contributed by atoms with Gasteiger partial charge < -0.3 is 20.6 Å². The number of nitrogens with one attached hydrogen (secondary N) is 1. The molecule has 0 radical (unpaired) electrons. The van der Waals surface area contributed by atoms with Gasteiger partial charge in [-0.15, -0.1) is 0 Å². The molecule has 218 valence electrons. The van der Waals surface area contributed by atoms with E-state index in [2.05, 4.69) is 5.32 Å². The van der Waals surface area contributed by atoms with E-state index in [1.165, 1.54) is 18.2 Å². The molecule has 8 nitrogen and oxygen atoms in total. The van der Waals surface area contributed by atoms with Gasteiger partial charge in [0.15, 0.2) is 0 Å². The molecule has 0 spiro atoms. The number of piperidine rings is 1. The van der Waals surface area contributed by atoms with Crippen molar-refractivity contribution in [3.05, 3.63) is 107 Å². The second kappa shape index (κ2) is 12.6. The van der Waals surface area contributed by atoms with Gasteiger partial charge in [-0.25, -0.2) is 4.79 Å². The van der Waals surface area contributed by atoms with Crippen molar-refractivity contribution < 1.29 is 29.7 Å². The molecule has 4 N–H and O–H groups in total. The molecule has 0 aliphatic carbocycles. The minimum atomic E-state index is -1.70. The molecule has 0 amide bonds. The van der Waals surface area contributed by atoms with E-state index in [0.717, 1.165) is 11.1 Å². The highest BCUT2D eigenvalue weighted by atomic mass is 16.4. The molecule has 8 heteroatoms. The summed E-state index contributed by atoms with van der Waals surface area (Å²) >= 11 is 0. The first-order valence-corrected chi connectivity index (χ1v) is 14.1. The van der Waals surface area contributed by atoms with E-state index in [4.69, 9.17) is 0 Å². The van der Waals surface area contributed by atoms with E-state index in [1.807, 2.05) is 66.7 Å². The van der Waals surface area contributed by atoms with Crippen LogP contribution in [0.15, 0.2) is 84.9 Å². The Morgan fingerprint density at radius 2 is 1.33 bits per heavy atom. The average Bonchev–Trinajstić information content (AvgIpc) is 2.98. The van der Waals surface area contributed by atoms with Crippen molar-refractivity contribution in [1.29, 1.82) is 5.26 Å². The molecule has 1 aliphatic rings. The summed E-state index contributed by atoms with van der Waals surface area (Å²) < 4.78 is 0. The summed E-state index contributed by atoms with van der Waals surface area (Å²) in [4.78, 5) is 39.0. The molecule has 3 aromatic carbocycles. The SMILES string of the molecule is CC1NC(C)C(CCC(c2ccccc2)c2ccccc2)(C(=O)O)C(c2cccc(C(=O)O)c2)C1(CCC#N)C(=O)O. The van der Waals surface area contributed by atoms with Gasteiger partial charge in [0.1, 0.15) is 0 Å². The topological polar surface area (TPSA) is 148 Å². The summed E-state index contributed by atoms with van der Waals surface area (Å²) in [6.45, 7) is 3.47. The zero-order valence-electron chi connectivity index (χ0n) is 23.7. The van der Waals surface area contributed by atoms with E-state index in [9.17, 15) is 35.0 Å². The van der Waals surface area contributed by atoms with Crippen LogP contribution in [0.4, 0.5) is 0 Å². The summed E-state index contributed by atoms with van der Waals surface area (Å²) in [6, 6.07) is 26.2. The van der Waals surface area contributed by atoms with Gasteiger partial charge in [-0.3, -0.25) is 9.59 Å². The lowest BCUT2D eigenvalue weighted by molar-refractivity contribution is -0.174. The van der Waals surface area contributed by atoms with Gasteiger partial charge in [-0.1, -0.05) is 72.8 Å². The van der Waals surface area contributed by atoms with Crippen molar-refractivity contribution in [2.24, 2.45) is 10.8 Å². The summed E-state index contributed by atoms with van der Waals surface area (Å²) in [5.74, 6) is -4.88. The summed E-state index contributed by atoms with van der Waals surface area (Å²) in [7, 11) is 0. The van der Waals surface area contributed by atoms with Crippen molar-refractivity contribution in [3.63, 3.8) is 0 Å². The molecular weight excluding hydrogens is 532 g/mol. The van der Waals surface area contributed by atoms with E-state index >= 15 is 0 Å². The number of benzene rings is 3. The molecule has 0 aromatic heterocycles. The van der Waals surface area contributed by atoms with Crippen LogP contribution in [-0.4, -0.2) is 45.3 Å². The van der Waals surface area contributed by atoms with Crippen LogP contribution in [0.25, 0.3) is 0 Å².